The highest BCUT2D eigenvalue weighted by Crippen LogP contribution is 2.29. The van der Waals surface area contributed by atoms with Gasteiger partial charge in [0.05, 0.1) is 17.1 Å². The van der Waals surface area contributed by atoms with E-state index >= 15 is 0 Å². The lowest BCUT2D eigenvalue weighted by atomic mass is 10.2. The molecule has 2 aromatic heterocycles. The molecule has 1 aromatic carbocycles. The van der Waals surface area contributed by atoms with E-state index in [4.69, 9.17) is 5.11 Å². The summed E-state index contributed by atoms with van der Waals surface area (Å²) in [5.41, 5.74) is 1.89. The number of rotatable bonds is 5. The van der Waals surface area contributed by atoms with Crippen LogP contribution in [-0.2, 0) is 16.6 Å². The Balaban J connectivity index is 2.11. The predicted molar refractivity (Wildman–Crippen MR) is 96.3 cm³/mol. The van der Waals surface area contributed by atoms with Gasteiger partial charge in [0.25, 0.3) is 10.0 Å². The SMILES string of the molecule is CN(Cc1cc(-c2ccsc2)n(S(=O)(=O)c2ccccc2)c1)C(=O)O. The van der Waals surface area contributed by atoms with Gasteiger partial charge in [-0.05, 0) is 35.2 Å². The zero-order chi connectivity index (χ0) is 18.0. The summed E-state index contributed by atoms with van der Waals surface area (Å²) in [5, 5.41) is 12.8. The maximum Gasteiger partial charge on any atom is 0.407 e. The first-order chi connectivity index (χ1) is 11.9. The van der Waals surface area contributed by atoms with E-state index in [0.717, 1.165) is 10.5 Å². The molecule has 8 heteroatoms. The summed E-state index contributed by atoms with van der Waals surface area (Å²) in [6.07, 6.45) is 0.408. The fourth-order valence-corrected chi connectivity index (χ4v) is 4.52. The van der Waals surface area contributed by atoms with Crippen LogP contribution in [0.4, 0.5) is 4.79 Å². The van der Waals surface area contributed by atoms with Crippen LogP contribution in [0.1, 0.15) is 5.56 Å². The molecule has 0 saturated heterocycles. The second kappa shape index (κ2) is 6.73. The minimum Gasteiger partial charge on any atom is -0.465 e. The molecule has 0 spiro atoms. The van der Waals surface area contributed by atoms with E-state index in [1.165, 1.54) is 40.7 Å². The lowest BCUT2D eigenvalue weighted by molar-refractivity contribution is 0.154. The van der Waals surface area contributed by atoms with Crippen LogP contribution in [0.5, 0.6) is 0 Å². The van der Waals surface area contributed by atoms with E-state index in [1.807, 2.05) is 16.8 Å². The number of amides is 1. The van der Waals surface area contributed by atoms with Crippen LogP contribution in [0.2, 0.25) is 0 Å². The van der Waals surface area contributed by atoms with Crippen LogP contribution in [0.15, 0.2) is 64.3 Å². The second-order valence-electron chi connectivity index (χ2n) is 5.50. The Labute approximate surface area is 149 Å². The third-order valence-electron chi connectivity index (χ3n) is 3.71. The molecule has 25 heavy (non-hydrogen) atoms. The van der Waals surface area contributed by atoms with Crippen LogP contribution in [0.25, 0.3) is 11.3 Å². The summed E-state index contributed by atoms with van der Waals surface area (Å²) < 4.78 is 27.3. The lowest BCUT2D eigenvalue weighted by Crippen LogP contribution is -2.23. The van der Waals surface area contributed by atoms with Gasteiger partial charge < -0.3 is 10.0 Å². The molecule has 1 N–H and O–H groups in total. The van der Waals surface area contributed by atoms with Crippen LogP contribution in [0, 0.1) is 0 Å². The monoisotopic (exact) mass is 376 g/mol. The van der Waals surface area contributed by atoms with Gasteiger partial charge in [-0.1, -0.05) is 18.2 Å². The molecular formula is C17H16N2O4S2. The molecule has 6 nitrogen and oxygen atoms in total. The number of hydrogen-bond donors (Lipinski definition) is 1. The molecule has 0 aliphatic heterocycles. The van der Waals surface area contributed by atoms with E-state index in [2.05, 4.69) is 0 Å². The first-order valence-corrected chi connectivity index (χ1v) is 9.76. The molecule has 0 unspecified atom stereocenters. The highest BCUT2D eigenvalue weighted by molar-refractivity contribution is 7.90. The average molecular weight is 376 g/mol. The summed E-state index contributed by atoms with van der Waals surface area (Å²) in [5.74, 6) is 0. The molecule has 0 bridgehead atoms. The van der Waals surface area contributed by atoms with Gasteiger partial charge in [-0.3, -0.25) is 0 Å². The van der Waals surface area contributed by atoms with Gasteiger partial charge in [0.2, 0.25) is 0 Å². The average Bonchev–Trinajstić information content (AvgIpc) is 3.24. The van der Waals surface area contributed by atoms with E-state index < -0.39 is 16.1 Å². The highest BCUT2D eigenvalue weighted by Gasteiger charge is 2.22. The van der Waals surface area contributed by atoms with E-state index in [9.17, 15) is 13.2 Å². The van der Waals surface area contributed by atoms with Crippen molar-refractivity contribution in [1.82, 2.24) is 8.87 Å². The number of carboxylic acid groups (broad SMARTS) is 1. The van der Waals surface area contributed by atoms with Crippen molar-refractivity contribution < 1.29 is 18.3 Å². The summed E-state index contributed by atoms with van der Waals surface area (Å²) in [4.78, 5) is 12.3. The van der Waals surface area contributed by atoms with Crippen molar-refractivity contribution in [2.45, 2.75) is 11.4 Å². The van der Waals surface area contributed by atoms with E-state index in [0.29, 0.717) is 11.3 Å². The van der Waals surface area contributed by atoms with Gasteiger partial charge in [-0.2, -0.15) is 11.3 Å². The van der Waals surface area contributed by atoms with Crippen molar-refractivity contribution in [1.29, 1.82) is 0 Å². The fraction of sp³-hybridized carbons (Fsp3) is 0.118. The number of nitrogens with zero attached hydrogens (tertiary/aromatic N) is 2. The Bertz CT molecular complexity index is 977. The molecule has 3 aromatic rings. The number of aromatic nitrogens is 1. The number of carbonyl (C=O) groups is 1. The molecular weight excluding hydrogens is 360 g/mol. The third-order valence-corrected chi connectivity index (χ3v) is 6.08. The summed E-state index contributed by atoms with van der Waals surface area (Å²) >= 11 is 1.46. The molecule has 130 valence electrons. The maximum atomic E-state index is 13.0. The van der Waals surface area contributed by atoms with Gasteiger partial charge in [0, 0.05) is 24.2 Å². The highest BCUT2D eigenvalue weighted by atomic mass is 32.2. The molecule has 0 aliphatic carbocycles. The number of hydrogen-bond acceptors (Lipinski definition) is 4. The molecule has 0 radical (unpaired) electrons. The summed E-state index contributed by atoms with van der Waals surface area (Å²) in [7, 11) is -2.34. The second-order valence-corrected chi connectivity index (χ2v) is 8.09. The smallest absolute Gasteiger partial charge is 0.407 e. The van der Waals surface area contributed by atoms with Gasteiger partial charge in [-0.25, -0.2) is 17.2 Å². The third kappa shape index (κ3) is 3.45. The van der Waals surface area contributed by atoms with Gasteiger partial charge in [0.1, 0.15) is 0 Å². The number of thiophene rings is 1. The Hall–Kier alpha value is -2.58. The fourth-order valence-electron chi connectivity index (χ4n) is 2.45. The standard InChI is InChI=1S/C17H16N2O4S2/c1-18(17(20)21)10-13-9-16(14-7-8-24-12-14)19(11-13)25(22,23)15-5-3-2-4-6-15/h2-9,11-12H,10H2,1H3,(H,20,21). The van der Waals surface area contributed by atoms with Crippen LogP contribution < -0.4 is 0 Å². The summed E-state index contributed by atoms with van der Waals surface area (Å²) in [6, 6.07) is 11.7. The van der Waals surface area contributed by atoms with E-state index in [-0.39, 0.29) is 11.4 Å². The molecule has 0 aliphatic rings. The van der Waals surface area contributed by atoms with Gasteiger partial charge >= 0.3 is 6.09 Å². The predicted octanol–water partition coefficient (Wildman–Crippen LogP) is 3.56. The van der Waals surface area contributed by atoms with Crippen molar-refractivity contribution in [3.8, 4) is 11.3 Å². The van der Waals surface area contributed by atoms with Crippen molar-refractivity contribution in [2.24, 2.45) is 0 Å². The van der Waals surface area contributed by atoms with E-state index in [1.54, 1.807) is 24.3 Å². The topological polar surface area (TPSA) is 79.6 Å². The Kier molecular flexibility index (Phi) is 4.65. The Morgan fingerprint density at radius 3 is 2.56 bits per heavy atom. The van der Waals surface area contributed by atoms with Crippen molar-refractivity contribution in [3.63, 3.8) is 0 Å². The first kappa shape index (κ1) is 17.2. The Morgan fingerprint density at radius 2 is 1.96 bits per heavy atom. The molecule has 0 atom stereocenters. The molecule has 2 heterocycles. The lowest BCUT2D eigenvalue weighted by Gasteiger charge is -2.11. The number of benzene rings is 1. The zero-order valence-electron chi connectivity index (χ0n) is 13.4. The summed E-state index contributed by atoms with van der Waals surface area (Å²) in [6.45, 7) is 0.101. The molecule has 3 rings (SSSR count). The molecule has 1 amide bonds. The minimum absolute atomic E-state index is 0.101. The quantitative estimate of drug-likeness (QED) is 0.738. The van der Waals surface area contributed by atoms with Crippen LogP contribution in [0.3, 0.4) is 0 Å². The van der Waals surface area contributed by atoms with Crippen LogP contribution >= 0.6 is 11.3 Å². The minimum atomic E-state index is -3.78. The van der Waals surface area contributed by atoms with Crippen LogP contribution in [-0.4, -0.2) is 35.5 Å². The Morgan fingerprint density at radius 1 is 1.24 bits per heavy atom. The van der Waals surface area contributed by atoms with Crippen molar-refractivity contribution in [3.05, 3.63) is 65.0 Å². The molecule has 0 saturated carbocycles. The largest absolute Gasteiger partial charge is 0.465 e. The normalized spacial score (nSPS) is 11.4. The first-order valence-electron chi connectivity index (χ1n) is 7.38. The zero-order valence-corrected chi connectivity index (χ0v) is 15.0. The van der Waals surface area contributed by atoms with Gasteiger partial charge in [0.15, 0.2) is 0 Å². The van der Waals surface area contributed by atoms with Gasteiger partial charge in [-0.15, -0.1) is 0 Å². The molecule has 0 fully saturated rings. The van der Waals surface area contributed by atoms with Crippen molar-refractivity contribution in [2.75, 3.05) is 7.05 Å². The maximum absolute atomic E-state index is 13.0. The van der Waals surface area contributed by atoms with Crippen molar-refractivity contribution >= 4 is 27.5 Å².